The van der Waals surface area contributed by atoms with Gasteiger partial charge in [0, 0.05) is 48.2 Å². The summed E-state index contributed by atoms with van der Waals surface area (Å²) in [6, 6.07) is 1.50. The van der Waals surface area contributed by atoms with Crippen molar-refractivity contribution >= 4 is 15.9 Å². The van der Waals surface area contributed by atoms with Crippen LogP contribution in [0.3, 0.4) is 0 Å². The van der Waals surface area contributed by atoms with E-state index in [1.165, 1.54) is 6.92 Å². The zero-order chi connectivity index (χ0) is 30.3. The quantitative estimate of drug-likeness (QED) is 0.413. The summed E-state index contributed by atoms with van der Waals surface area (Å²) in [7, 11) is -4.52. The number of aromatic nitrogens is 3. The standard InChI is InChI=1S/C24H19F8N5O3S/c1-12-18(26)7-19(37(12)41(39,40)17-4-2-16(25)3-5-17)21(38)34-9-14-6-13(8-33-20(14)23(27,28)29)15-10-35-22(36-11-15)24(30,31)32/h2-6,8,10-12,18-19H,7,9H2,1H3,(H,34,38). The van der Waals surface area contributed by atoms with E-state index in [9.17, 15) is 48.3 Å². The van der Waals surface area contributed by atoms with Gasteiger partial charge in [0.2, 0.25) is 21.8 Å². The lowest BCUT2D eigenvalue weighted by Crippen LogP contribution is -2.48. The van der Waals surface area contributed by atoms with E-state index in [0.717, 1.165) is 48.9 Å². The smallest absolute Gasteiger partial charge is 0.351 e. The molecule has 1 amide bonds. The topological polar surface area (TPSA) is 105 Å². The zero-order valence-electron chi connectivity index (χ0n) is 20.7. The van der Waals surface area contributed by atoms with Crippen LogP contribution in [0.25, 0.3) is 11.1 Å². The molecule has 3 unspecified atom stereocenters. The lowest BCUT2D eigenvalue weighted by Gasteiger charge is -2.27. The number of sulfonamides is 1. The van der Waals surface area contributed by atoms with Gasteiger partial charge >= 0.3 is 12.4 Å². The highest BCUT2D eigenvalue weighted by Gasteiger charge is 2.49. The van der Waals surface area contributed by atoms with Crippen molar-refractivity contribution in [3.8, 4) is 11.1 Å². The second-order valence-electron chi connectivity index (χ2n) is 9.04. The molecule has 1 aliphatic rings. The average molecular weight is 609 g/mol. The summed E-state index contributed by atoms with van der Waals surface area (Å²) < 4.78 is 134. The molecule has 1 N–H and O–H groups in total. The van der Waals surface area contributed by atoms with Crippen molar-refractivity contribution in [3.05, 3.63) is 71.8 Å². The van der Waals surface area contributed by atoms with Gasteiger partial charge in [0.25, 0.3) is 0 Å². The van der Waals surface area contributed by atoms with E-state index in [4.69, 9.17) is 0 Å². The molecule has 1 aliphatic heterocycles. The maximum absolute atomic E-state index is 14.6. The van der Waals surface area contributed by atoms with E-state index in [-0.39, 0.29) is 11.1 Å². The summed E-state index contributed by atoms with van der Waals surface area (Å²) in [6.07, 6.45) is -10.0. The summed E-state index contributed by atoms with van der Waals surface area (Å²) in [6.45, 7) is 0.364. The van der Waals surface area contributed by atoms with E-state index in [1.807, 2.05) is 0 Å². The van der Waals surface area contributed by atoms with Gasteiger partial charge in [-0.1, -0.05) is 0 Å². The molecule has 8 nitrogen and oxygen atoms in total. The number of rotatable bonds is 6. The molecule has 0 bridgehead atoms. The second kappa shape index (κ2) is 10.9. The van der Waals surface area contributed by atoms with E-state index in [0.29, 0.717) is 4.31 Å². The van der Waals surface area contributed by atoms with Gasteiger partial charge < -0.3 is 5.32 Å². The van der Waals surface area contributed by atoms with Crippen molar-refractivity contribution in [3.63, 3.8) is 0 Å². The highest BCUT2D eigenvalue weighted by molar-refractivity contribution is 7.89. The first-order chi connectivity index (χ1) is 19.0. The van der Waals surface area contributed by atoms with Crippen LogP contribution < -0.4 is 5.32 Å². The predicted molar refractivity (Wildman–Crippen MR) is 125 cm³/mol. The number of hydrogen-bond donors (Lipinski definition) is 1. The Morgan fingerprint density at radius 3 is 2.12 bits per heavy atom. The molecular weight excluding hydrogens is 590 g/mol. The summed E-state index contributed by atoms with van der Waals surface area (Å²) in [5.74, 6) is -3.32. The lowest BCUT2D eigenvalue weighted by molar-refractivity contribution is -0.145. The van der Waals surface area contributed by atoms with Crippen LogP contribution in [0.5, 0.6) is 0 Å². The van der Waals surface area contributed by atoms with Crippen molar-refractivity contribution in [2.75, 3.05) is 0 Å². The monoisotopic (exact) mass is 609 g/mol. The minimum atomic E-state index is -5.00. The molecule has 0 radical (unpaired) electrons. The Bertz CT molecular complexity index is 1530. The molecule has 1 saturated heterocycles. The number of pyridine rings is 1. The third kappa shape index (κ3) is 6.29. The number of nitrogens with one attached hydrogen (secondary N) is 1. The Morgan fingerprint density at radius 2 is 1.56 bits per heavy atom. The van der Waals surface area contributed by atoms with Crippen LogP contribution in [0, 0.1) is 5.82 Å². The summed E-state index contributed by atoms with van der Waals surface area (Å²) in [5.41, 5.74) is -2.24. The van der Waals surface area contributed by atoms with Crippen molar-refractivity contribution in [1.82, 2.24) is 24.6 Å². The molecule has 0 spiro atoms. The van der Waals surface area contributed by atoms with Gasteiger partial charge in [-0.3, -0.25) is 9.78 Å². The van der Waals surface area contributed by atoms with Gasteiger partial charge in [0.05, 0.1) is 10.9 Å². The number of carbonyl (C=O) groups excluding carboxylic acids is 1. The van der Waals surface area contributed by atoms with Crippen LogP contribution in [0.4, 0.5) is 35.1 Å². The summed E-state index contributed by atoms with van der Waals surface area (Å²) >= 11 is 0. The molecule has 41 heavy (non-hydrogen) atoms. The molecule has 3 aromatic rings. The highest BCUT2D eigenvalue weighted by atomic mass is 32.2. The first-order valence-electron chi connectivity index (χ1n) is 11.7. The second-order valence-corrected chi connectivity index (χ2v) is 10.9. The number of benzene rings is 1. The number of alkyl halides is 7. The third-order valence-corrected chi connectivity index (χ3v) is 8.31. The molecular formula is C24H19F8N5O3S. The molecule has 1 fully saturated rings. The van der Waals surface area contributed by atoms with E-state index < -0.39 is 87.3 Å². The SMILES string of the molecule is CC1C(F)CC(C(=O)NCc2cc(-c3cnc(C(F)(F)F)nc3)cnc2C(F)(F)F)N1S(=O)(=O)c1ccc(F)cc1. The van der Waals surface area contributed by atoms with Gasteiger partial charge in [-0.05, 0) is 37.3 Å². The number of hydrogen-bond acceptors (Lipinski definition) is 6. The van der Waals surface area contributed by atoms with Crippen LogP contribution in [0.15, 0.2) is 53.8 Å². The summed E-state index contributed by atoms with van der Waals surface area (Å²) in [5, 5.41) is 2.17. The fraction of sp³-hybridized carbons (Fsp3) is 0.333. The Morgan fingerprint density at radius 1 is 0.976 bits per heavy atom. The minimum absolute atomic E-state index is 0.102. The zero-order valence-corrected chi connectivity index (χ0v) is 21.5. The van der Waals surface area contributed by atoms with Gasteiger partial charge in [-0.15, -0.1) is 0 Å². The van der Waals surface area contributed by atoms with Crippen LogP contribution in [-0.4, -0.2) is 51.8 Å². The maximum atomic E-state index is 14.6. The van der Waals surface area contributed by atoms with Crippen LogP contribution in [0.1, 0.15) is 30.4 Å². The third-order valence-electron chi connectivity index (χ3n) is 6.30. The number of halogens is 8. The highest BCUT2D eigenvalue weighted by Crippen LogP contribution is 2.35. The molecule has 4 rings (SSSR count). The van der Waals surface area contributed by atoms with Gasteiger partial charge in [0.1, 0.15) is 23.7 Å². The summed E-state index contributed by atoms with van der Waals surface area (Å²) in [4.78, 5) is 22.3. The van der Waals surface area contributed by atoms with Gasteiger partial charge in [0.15, 0.2) is 0 Å². The van der Waals surface area contributed by atoms with E-state index in [2.05, 4.69) is 20.3 Å². The van der Waals surface area contributed by atoms with Crippen LogP contribution >= 0.6 is 0 Å². The Labute approximate surface area is 227 Å². The normalized spacial score (nSPS) is 20.3. The van der Waals surface area contributed by atoms with Crippen molar-refractivity contribution in [2.45, 2.75) is 55.4 Å². The molecule has 0 saturated carbocycles. The minimum Gasteiger partial charge on any atom is -0.351 e. The van der Waals surface area contributed by atoms with Gasteiger partial charge in [-0.2, -0.15) is 30.6 Å². The molecule has 220 valence electrons. The van der Waals surface area contributed by atoms with Crippen molar-refractivity contribution in [2.24, 2.45) is 0 Å². The van der Waals surface area contributed by atoms with E-state index in [1.54, 1.807) is 0 Å². The molecule has 1 aromatic carbocycles. The van der Waals surface area contributed by atoms with Crippen molar-refractivity contribution < 1.29 is 48.3 Å². The van der Waals surface area contributed by atoms with Crippen LogP contribution in [0.2, 0.25) is 0 Å². The largest absolute Gasteiger partial charge is 0.451 e. The van der Waals surface area contributed by atoms with Crippen LogP contribution in [-0.2, 0) is 33.7 Å². The molecule has 0 aliphatic carbocycles. The number of nitrogens with zero attached hydrogens (tertiary/aromatic N) is 4. The Balaban J connectivity index is 1.61. The fourth-order valence-corrected chi connectivity index (χ4v) is 6.09. The molecule has 17 heteroatoms. The maximum Gasteiger partial charge on any atom is 0.451 e. The molecule has 3 atom stereocenters. The van der Waals surface area contributed by atoms with Crippen molar-refractivity contribution in [1.29, 1.82) is 0 Å². The first-order valence-corrected chi connectivity index (χ1v) is 13.1. The first kappa shape index (κ1) is 30.2. The predicted octanol–water partition coefficient (Wildman–Crippen LogP) is 4.52. The Hall–Kier alpha value is -3.73. The number of amides is 1. The Kier molecular flexibility index (Phi) is 8.05. The average Bonchev–Trinajstić information content (AvgIpc) is 3.21. The number of carbonyl (C=O) groups is 1. The van der Waals surface area contributed by atoms with E-state index >= 15 is 0 Å². The van der Waals surface area contributed by atoms with Gasteiger partial charge in [-0.25, -0.2) is 27.2 Å². The molecule has 2 aromatic heterocycles. The lowest BCUT2D eigenvalue weighted by atomic mass is 10.1. The fourth-order valence-electron chi connectivity index (χ4n) is 4.28. The molecule has 3 heterocycles.